The minimum atomic E-state index is 0. The van der Waals surface area contributed by atoms with Crippen LogP contribution >= 0.6 is 12.4 Å². The summed E-state index contributed by atoms with van der Waals surface area (Å²) in [7, 11) is 0. The number of benzene rings is 1. The van der Waals surface area contributed by atoms with Crippen LogP contribution in [0.1, 0.15) is 30.9 Å². The van der Waals surface area contributed by atoms with Crippen molar-refractivity contribution in [1.29, 1.82) is 0 Å². The molecule has 1 aromatic rings. The van der Waals surface area contributed by atoms with Gasteiger partial charge in [-0.3, -0.25) is 4.79 Å². The molecule has 0 saturated heterocycles. The lowest BCUT2D eigenvalue weighted by Crippen LogP contribution is -2.31. The van der Waals surface area contributed by atoms with Crippen LogP contribution in [0.4, 0.5) is 0 Å². The van der Waals surface area contributed by atoms with Gasteiger partial charge in [0, 0.05) is 13.0 Å². The molecule has 3 N–H and O–H groups in total. The number of halogens is 1. The van der Waals surface area contributed by atoms with E-state index in [4.69, 9.17) is 5.73 Å². The molecule has 1 fully saturated rings. The molecular weight excluding hydrogens is 236 g/mol. The Hall–Kier alpha value is -1.06. The van der Waals surface area contributed by atoms with E-state index in [0.717, 1.165) is 0 Å². The van der Waals surface area contributed by atoms with Gasteiger partial charge < -0.3 is 11.1 Å². The zero-order valence-corrected chi connectivity index (χ0v) is 10.6. The molecule has 1 aromatic carbocycles. The maximum atomic E-state index is 11.6. The normalized spacial score (nSPS) is 15.8. The van der Waals surface area contributed by atoms with E-state index in [2.05, 4.69) is 17.4 Å². The van der Waals surface area contributed by atoms with Crippen molar-refractivity contribution in [3.05, 3.63) is 35.9 Å². The van der Waals surface area contributed by atoms with Crippen LogP contribution in [0, 0.1) is 5.92 Å². The summed E-state index contributed by atoms with van der Waals surface area (Å²) < 4.78 is 0. The van der Waals surface area contributed by atoms with Gasteiger partial charge in [-0.15, -0.1) is 12.4 Å². The SMILES string of the molecule is Cl.NCCC(=O)NC(c1ccccc1)C1CC1. The van der Waals surface area contributed by atoms with Gasteiger partial charge in [-0.25, -0.2) is 0 Å². The van der Waals surface area contributed by atoms with Gasteiger partial charge in [0.2, 0.25) is 5.91 Å². The number of hydrogen-bond acceptors (Lipinski definition) is 2. The van der Waals surface area contributed by atoms with Gasteiger partial charge in [0.1, 0.15) is 0 Å². The highest BCUT2D eigenvalue weighted by molar-refractivity contribution is 5.85. The quantitative estimate of drug-likeness (QED) is 0.845. The van der Waals surface area contributed by atoms with Gasteiger partial charge in [0.15, 0.2) is 0 Å². The number of hydrogen-bond donors (Lipinski definition) is 2. The minimum Gasteiger partial charge on any atom is -0.349 e. The zero-order valence-electron chi connectivity index (χ0n) is 9.76. The molecule has 94 valence electrons. The molecular formula is C13H19ClN2O. The highest BCUT2D eigenvalue weighted by atomic mass is 35.5. The first-order valence-electron chi connectivity index (χ1n) is 5.85. The van der Waals surface area contributed by atoms with Crippen molar-refractivity contribution in [2.24, 2.45) is 11.7 Å². The maximum Gasteiger partial charge on any atom is 0.221 e. The number of nitrogens with one attached hydrogen (secondary N) is 1. The van der Waals surface area contributed by atoms with Crippen LogP contribution in [-0.2, 0) is 4.79 Å². The zero-order chi connectivity index (χ0) is 11.4. The van der Waals surface area contributed by atoms with Crippen LogP contribution in [0.5, 0.6) is 0 Å². The molecule has 1 amide bonds. The molecule has 1 unspecified atom stereocenters. The summed E-state index contributed by atoms with van der Waals surface area (Å²) in [6, 6.07) is 10.4. The fraction of sp³-hybridized carbons (Fsp3) is 0.462. The predicted octanol–water partition coefficient (Wildman–Crippen LogP) is 2.02. The van der Waals surface area contributed by atoms with E-state index in [1.54, 1.807) is 0 Å². The fourth-order valence-corrected chi connectivity index (χ4v) is 1.94. The summed E-state index contributed by atoms with van der Waals surface area (Å²) >= 11 is 0. The molecule has 1 atom stereocenters. The summed E-state index contributed by atoms with van der Waals surface area (Å²) in [6.07, 6.45) is 2.83. The van der Waals surface area contributed by atoms with Crippen LogP contribution in [0.25, 0.3) is 0 Å². The number of amides is 1. The highest BCUT2D eigenvalue weighted by Gasteiger charge is 2.32. The van der Waals surface area contributed by atoms with Gasteiger partial charge >= 0.3 is 0 Å². The Balaban J connectivity index is 0.00000144. The Bertz CT molecular complexity index is 352. The van der Waals surface area contributed by atoms with Crippen LogP contribution in [0.15, 0.2) is 30.3 Å². The third-order valence-corrected chi connectivity index (χ3v) is 2.94. The van der Waals surface area contributed by atoms with E-state index in [1.165, 1.54) is 18.4 Å². The van der Waals surface area contributed by atoms with Gasteiger partial charge in [0.05, 0.1) is 6.04 Å². The smallest absolute Gasteiger partial charge is 0.221 e. The molecule has 2 rings (SSSR count). The molecule has 0 spiro atoms. The molecule has 1 saturated carbocycles. The number of carbonyl (C=O) groups excluding carboxylic acids is 1. The van der Waals surface area contributed by atoms with Crippen LogP contribution in [0.2, 0.25) is 0 Å². The lowest BCUT2D eigenvalue weighted by Gasteiger charge is -2.18. The van der Waals surface area contributed by atoms with E-state index >= 15 is 0 Å². The Morgan fingerprint density at radius 1 is 1.35 bits per heavy atom. The molecule has 0 aliphatic heterocycles. The molecule has 1 aliphatic rings. The van der Waals surface area contributed by atoms with E-state index in [1.807, 2.05) is 18.2 Å². The molecule has 1 aliphatic carbocycles. The second-order valence-corrected chi connectivity index (χ2v) is 4.33. The van der Waals surface area contributed by atoms with Crippen molar-refractivity contribution in [1.82, 2.24) is 5.32 Å². The van der Waals surface area contributed by atoms with Crippen molar-refractivity contribution in [2.45, 2.75) is 25.3 Å². The van der Waals surface area contributed by atoms with Gasteiger partial charge in [-0.05, 0) is 24.3 Å². The Morgan fingerprint density at radius 3 is 2.53 bits per heavy atom. The first-order chi connectivity index (χ1) is 7.81. The first-order valence-corrected chi connectivity index (χ1v) is 5.85. The van der Waals surface area contributed by atoms with Crippen molar-refractivity contribution < 1.29 is 4.79 Å². The lowest BCUT2D eigenvalue weighted by molar-refractivity contribution is -0.121. The van der Waals surface area contributed by atoms with Crippen molar-refractivity contribution >= 4 is 18.3 Å². The summed E-state index contributed by atoms with van der Waals surface area (Å²) in [4.78, 5) is 11.6. The van der Waals surface area contributed by atoms with E-state index in [9.17, 15) is 4.79 Å². The molecule has 0 heterocycles. The minimum absolute atomic E-state index is 0. The second kappa shape index (κ2) is 6.62. The Kier molecular flexibility index (Phi) is 5.45. The maximum absolute atomic E-state index is 11.6. The Labute approximate surface area is 108 Å². The van der Waals surface area contributed by atoms with E-state index in [0.29, 0.717) is 18.9 Å². The summed E-state index contributed by atoms with van der Waals surface area (Å²) in [5.74, 6) is 0.673. The van der Waals surface area contributed by atoms with Crippen molar-refractivity contribution in [3.8, 4) is 0 Å². The molecule has 0 radical (unpaired) electrons. The fourth-order valence-electron chi connectivity index (χ4n) is 1.94. The molecule has 4 heteroatoms. The molecule has 0 bridgehead atoms. The predicted molar refractivity (Wildman–Crippen MR) is 71.0 cm³/mol. The standard InChI is InChI=1S/C13H18N2O.ClH/c14-9-8-12(16)15-13(11-6-7-11)10-4-2-1-3-5-10;/h1-5,11,13H,6-9,14H2,(H,15,16);1H. The van der Waals surface area contributed by atoms with Crippen molar-refractivity contribution in [3.63, 3.8) is 0 Å². The molecule has 17 heavy (non-hydrogen) atoms. The number of carbonyl (C=O) groups is 1. The highest BCUT2D eigenvalue weighted by Crippen LogP contribution is 2.40. The van der Waals surface area contributed by atoms with E-state index < -0.39 is 0 Å². The third kappa shape index (κ3) is 4.02. The topological polar surface area (TPSA) is 55.1 Å². The van der Waals surface area contributed by atoms with Gasteiger partial charge in [-0.2, -0.15) is 0 Å². The average molecular weight is 255 g/mol. The Morgan fingerprint density at radius 2 is 2.00 bits per heavy atom. The second-order valence-electron chi connectivity index (χ2n) is 4.33. The summed E-state index contributed by atoms with van der Waals surface area (Å²) in [5, 5.41) is 3.08. The van der Waals surface area contributed by atoms with Crippen LogP contribution in [-0.4, -0.2) is 12.5 Å². The van der Waals surface area contributed by atoms with Crippen molar-refractivity contribution in [2.75, 3.05) is 6.54 Å². The lowest BCUT2D eigenvalue weighted by atomic mass is 10.0. The average Bonchev–Trinajstić information content (AvgIpc) is 3.11. The molecule has 0 aromatic heterocycles. The number of rotatable bonds is 5. The summed E-state index contributed by atoms with van der Waals surface area (Å²) in [5.41, 5.74) is 6.58. The van der Waals surface area contributed by atoms with Crippen LogP contribution < -0.4 is 11.1 Å². The van der Waals surface area contributed by atoms with Gasteiger partial charge in [-0.1, -0.05) is 30.3 Å². The first kappa shape index (κ1) is 14.0. The molecule has 3 nitrogen and oxygen atoms in total. The third-order valence-electron chi connectivity index (χ3n) is 2.94. The summed E-state index contributed by atoms with van der Waals surface area (Å²) in [6.45, 7) is 0.415. The largest absolute Gasteiger partial charge is 0.349 e. The monoisotopic (exact) mass is 254 g/mol. The van der Waals surface area contributed by atoms with Gasteiger partial charge in [0.25, 0.3) is 0 Å². The van der Waals surface area contributed by atoms with E-state index in [-0.39, 0.29) is 24.4 Å². The van der Waals surface area contributed by atoms with Crippen LogP contribution in [0.3, 0.4) is 0 Å². The number of nitrogens with two attached hydrogens (primary N) is 1.